The summed E-state index contributed by atoms with van der Waals surface area (Å²) in [4.78, 5) is 0. The van der Waals surface area contributed by atoms with Gasteiger partial charge in [-0.1, -0.05) is 42.5 Å². The summed E-state index contributed by atoms with van der Waals surface area (Å²) < 4.78 is 5.15. The minimum absolute atomic E-state index is 0.388. The van der Waals surface area contributed by atoms with Crippen molar-refractivity contribution >= 4 is 0 Å². The molecule has 0 amide bonds. The van der Waals surface area contributed by atoms with E-state index in [-0.39, 0.29) is 0 Å². The van der Waals surface area contributed by atoms with E-state index in [2.05, 4.69) is 48.6 Å². The van der Waals surface area contributed by atoms with Crippen molar-refractivity contribution in [1.82, 2.24) is 5.32 Å². The first-order chi connectivity index (χ1) is 9.29. The van der Waals surface area contributed by atoms with Crippen molar-refractivity contribution in [3.05, 3.63) is 65.7 Å². The molecule has 0 aliphatic heterocycles. The molecular formula is C17H21NO. The van der Waals surface area contributed by atoms with Crippen LogP contribution in [0.1, 0.15) is 24.1 Å². The van der Waals surface area contributed by atoms with E-state index in [0.717, 1.165) is 18.7 Å². The fraction of sp³-hybridized carbons (Fsp3) is 0.294. The van der Waals surface area contributed by atoms with Crippen LogP contribution in [-0.2, 0) is 6.42 Å². The van der Waals surface area contributed by atoms with E-state index < -0.39 is 0 Å². The predicted octanol–water partition coefficient (Wildman–Crippen LogP) is 3.59. The molecule has 1 N–H and O–H groups in total. The van der Waals surface area contributed by atoms with Gasteiger partial charge >= 0.3 is 0 Å². The summed E-state index contributed by atoms with van der Waals surface area (Å²) in [5, 5.41) is 3.54. The highest BCUT2D eigenvalue weighted by atomic mass is 16.5. The number of nitrogens with one attached hydrogen (secondary N) is 1. The summed E-state index contributed by atoms with van der Waals surface area (Å²) in [6.07, 6.45) is 1.03. The van der Waals surface area contributed by atoms with Crippen LogP contribution in [-0.4, -0.2) is 13.7 Å². The third-order valence-electron chi connectivity index (χ3n) is 3.32. The molecule has 1 atom stereocenters. The van der Waals surface area contributed by atoms with Crippen LogP contribution >= 0.6 is 0 Å². The molecular weight excluding hydrogens is 234 g/mol. The molecule has 0 radical (unpaired) electrons. The van der Waals surface area contributed by atoms with E-state index in [1.165, 1.54) is 11.1 Å². The first kappa shape index (κ1) is 13.6. The van der Waals surface area contributed by atoms with Crippen molar-refractivity contribution in [3.63, 3.8) is 0 Å². The van der Waals surface area contributed by atoms with Gasteiger partial charge in [0.2, 0.25) is 0 Å². The van der Waals surface area contributed by atoms with Crippen molar-refractivity contribution in [2.75, 3.05) is 13.7 Å². The molecule has 0 heterocycles. The lowest BCUT2D eigenvalue weighted by Gasteiger charge is -2.14. The van der Waals surface area contributed by atoms with E-state index >= 15 is 0 Å². The lowest BCUT2D eigenvalue weighted by molar-refractivity contribution is 0.414. The molecule has 0 spiro atoms. The smallest absolute Gasteiger partial charge is 0.118 e. The van der Waals surface area contributed by atoms with Crippen LogP contribution in [0.25, 0.3) is 0 Å². The van der Waals surface area contributed by atoms with Crippen LogP contribution in [0.3, 0.4) is 0 Å². The molecule has 0 saturated heterocycles. The standard InChI is InChI=1S/C17H21NO/c1-14(16-6-4-3-5-7-16)18-13-12-15-8-10-17(19-2)11-9-15/h3-11,14,18H,12-13H2,1-2H3. The number of hydrogen-bond donors (Lipinski definition) is 1. The Bertz CT molecular complexity index is 478. The molecule has 0 aromatic heterocycles. The van der Waals surface area contributed by atoms with E-state index in [1.54, 1.807) is 7.11 Å². The average molecular weight is 255 g/mol. The average Bonchev–Trinajstić information content (AvgIpc) is 2.49. The van der Waals surface area contributed by atoms with E-state index in [0.29, 0.717) is 6.04 Å². The normalized spacial score (nSPS) is 12.1. The lowest BCUT2D eigenvalue weighted by atomic mass is 10.1. The number of ether oxygens (including phenoxy) is 1. The fourth-order valence-electron chi connectivity index (χ4n) is 2.08. The Balaban J connectivity index is 1.79. The summed E-state index contributed by atoms with van der Waals surface area (Å²) in [6.45, 7) is 3.17. The molecule has 1 unspecified atom stereocenters. The maximum atomic E-state index is 5.15. The van der Waals surface area contributed by atoms with Gasteiger partial charge in [0.25, 0.3) is 0 Å². The summed E-state index contributed by atoms with van der Waals surface area (Å²) in [5.74, 6) is 0.911. The molecule has 0 aliphatic rings. The number of benzene rings is 2. The third-order valence-corrected chi connectivity index (χ3v) is 3.32. The Morgan fingerprint density at radius 2 is 1.68 bits per heavy atom. The molecule has 100 valence electrons. The number of hydrogen-bond acceptors (Lipinski definition) is 2. The van der Waals surface area contributed by atoms with Crippen molar-refractivity contribution in [2.24, 2.45) is 0 Å². The molecule has 0 bridgehead atoms. The minimum atomic E-state index is 0.388. The molecule has 2 heteroatoms. The van der Waals surface area contributed by atoms with Gasteiger partial charge in [-0.15, -0.1) is 0 Å². The second-order valence-corrected chi connectivity index (χ2v) is 4.68. The second-order valence-electron chi connectivity index (χ2n) is 4.68. The fourth-order valence-corrected chi connectivity index (χ4v) is 2.08. The van der Waals surface area contributed by atoms with Crippen LogP contribution in [0.2, 0.25) is 0 Å². The SMILES string of the molecule is COc1ccc(CCNC(C)c2ccccc2)cc1. The largest absolute Gasteiger partial charge is 0.497 e. The van der Waals surface area contributed by atoms with Gasteiger partial charge in [0, 0.05) is 6.04 Å². The van der Waals surface area contributed by atoms with Gasteiger partial charge in [0.05, 0.1) is 7.11 Å². The molecule has 2 rings (SSSR count). The molecule has 2 aromatic rings. The summed E-state index contributed by atoms with van der Waals surface area (Å²) in [5.41, 5.74) is 2.66. The van der Waals surface area contributed by atoms with E-state index in [1.807, 2.05) is 18.2 Å². The maximum absolute atomic E-state index is 5.15. The van der Waals surface area contributed by atoms with Gasteiger partial charge in [-0.05, 0) is 43.1 Å². The highest BCUT2D eigenvalue weighted by molar-refractivity contribution is 5.27. The van der Waals surface area contributed by atoms with Crippen LogP contribution in [0.5, 0.6) is 5.75 Å². The van der Waals surface area contributed by atoms with Crippen molar-refractivity contribution in [3.8, 4) is 5.75 Å². The number of rotatable bonds is 6. The maximum Gasteiger partial charge on any atom is 0.118 e. The Kier molecular flexibility index (Phi) is 4.99. The summed E-state index contributed by atoms with van der Waals surface area (Å²) >= 11 is 0. The predicted molar refractivity (Wildman–Crippen MR) is 79.6 cm³/mol. The van der Waals surface area contributed by atoms with Gasteiger partial charge in [0.15, 0.2) is 0 Å². The van der Waals surface area contributed by atoms with Crippen molar-refractivity contribution < 1.29 is 4.74 Å². The third kappa shape index (κ3) is 4.11. The zero-order chi connectivity index (χ0) is 13.5. The second kappa shape index (κ2) is 6.95. The van der Waals surface area contributed by atoms with Crippen LogP contribution in [0.15, 0.2) is 54.6 Å². The quantitative estimate of drug-likeness (QED) is 0.851. The minimum Gasteiger partial charge on any atom is -0.497 e. The zero-order valence-corrected chi connectivity index (χ0v) is 11.6. The van der Waals surface area contributed by atoms with Gasteiger partial charge in [-0.3, -0.25) is 0 Å². The monoisotopic (exact) mass is 255 g/mol. The van der Waals surface area contributed by atoms with Gasteiger partial charge < -0.3 is 10.1 Å². The molecule has 2 nitrogen and oxygen atoms in total. The highest BCUT2D eigenvalue weighted by Crippen LogP contribution is 2.13. The Hall–Kier alpha value is -1.80. The molecule has 2 aromatic carbocycles. The zero-order valence-electron chi connectivity index (χ0n) is 11.6. The lowest BCUT2D eigenvalue weighted by Crippen LogP contribution is -2.21. The molecule has 0 aliphatic carbocycles. The van der Waals surface area contributed by atoms with E-state index in [9.17, 15) is 0 Å². The topological polar surface area (TPSA) is 21.3 Å². The first-order valence-electron chi connectivity index (χ1n) is 6.71. The molecule has 0 fully saturated rings. The summed E-state index contributed by atoms with van der Waals surface area (Å²) in [6, 6.07) is 19.2. The Labute approximate surface area is 115 Å². The molecule has 19 heavy (non-hydrogen) atoms. The summed E-state index contributed by atoms with van der Waals surface area (Å²) in [7, 11) is 1.69. The van der Waals surface area contributed by atoms with Crippen molar-refractivity contribution in [2.45, 2.75) is 19.4 Å². The van der Waals surface area contributed by atoms with Gasteiger partial charge in [0.1, 0.15) is 5.75 Å². The highest BCUT2D eigenvalue weighted by Gasteiger charge is 2.03. The van der Waals surface area contributed by atoms with E-state index in [4.69, 9.17) is 4.74 Å². The molecule has 0 saturated carbocycles. The van der Waals surface area contributed by atoms with Gasteiger partial charge in [-0.25, -0.2) is 0 Å². The van der Waals surface area contributed by atoms with Crippen LogP contribution in [0, 0.1) is 0 Å². The number of methoxy groups -OCH3 is 1. The van der Waals surface area contributed by atoms with Crippen molar-refractivity contribution in [1.29, 1.82) is 0 Å². The Morgan fingerprint density at radius 3 is 2.32 bits per heavy atom. The first-order valence-corrected chi connectivity index (χ1v) is 6.71. The van der Waals surface area contributed by atoms with Crippen LogP contribution in [0.4, 0.5) is 0 Å². The Morgan fingerprint density at radius 1 is 1.00 bits per heavy atom. The van der Waals surface area contributed by atoms with Gasteiger partial charge in [-0.2, -0.15) is 0 Å². The van der Waals surface area contributed by atoms with Crippen LogP contribution < -0.4 is 10.1 Å².